The minimum atomic E-state index is -2.62. The van der Waals surface area contributed by atoms with Crippen molar-refractivity contribution >= 4 is 17.7 Å². The predicted molar refractivity (Wildman–Crippen MR) is 90.6 cm³/mol. The van der Waals surface area contributed by atoms with Crippen molar-refractivity contribution in [1.29, 1.82) is 0 Å². The Morgan fingerprint density at radius 3 is 2.50 bits per heavy atom. The fourth-order valence-corrected chi connectivity index (χ4v) is 2.50. The smallest absolute Gasteiger partial charge is 0.322 e. The summed E-state index contributed by atoms with van der Waals surface area (Å²) in [5, 5.41) is 2.66. The van der Waals surface area contributed by atoms with Gasteiger partial charge in [0.1, 0.15) is 5.69 Å². The lowest BCUT2D eigenvalue weighted by Gasteiger charge is -2.34. The molecule has 1 saturated heterocycles. The van der Waals surface area contributed by atoms with Gasteiger partial charge in [0.05, 0.1) is 0 Å². The van der Waals surface area contributed by atoms with Crippen molar-refractivity contribution in [2.24, 2.45) is 0 Å². The number of amides is 2. The first kappa shape index (κ1) is 17.8. The van der Waals surface area contributed by atoms with E-state index >= 15 is 0 Å². The van der Waals surface area contributed by atoms with Crippen LogP contribution in [0.1, 0.15) is 0 Å². The second kappa shape index (κ2) is 8.37. The lowest BCUT2D eigenvalue weighted by atomic mass is 10.3. The van der Waals surface area contributed by atoms with Gasteiger partial charge in [-0.05, 0) is 18.2 Å². The molecule has 0 radical (unpaired) electrons. The van der Waals surface area contributed by atoms with Crippen molar-refractivity contribution in [2.45, 2.75) is 6.43 Å². The van der Waals surface area contributed by atoms with E-state index in [1.807, 2.05) is 4.90 Å². The number of piperazine rings is 1. The molecule has 2 aromatic heterocycles. The largest absolute Gasteiger partial charge is 0.470 e. The number of hydrogen-bond donors (Lipinski definition) is 1. The van der Waals surface area contributed by atoms with E-state index in [1.54, 1.807) is 35.5 Å². The summed E-state index contributed by atoms with van der Waals surface area (Å²) < 4.78 is 29.6. The van der Waals surface area contributed by atoms with Crippen LogP contribution in [0.4, 0.5) is 25.2 Å². The Balaban J connectivity index is 1.56. The number of carbonyl (C=O) groups excluding carboxylic acids is 1. The van der Waals surface area contributed by atoms with Gasteiger partial charge < -0.3 is 19.9 Å². The van der Waals surface area contributed by atoms with Gasteiger partial charge in [0.2, 0.25) is 11.8 Å². The van der Waals surface area contributed by atoms with Gasteiger partial charge in [0.15, 0.2) is 6.61 Å². The molecule has 138 valence electrons. The molecule has 0 spiro atoms. The lowest BCUT2D eigenvalue weighted by molar-refractivity contribution is 0.0800. The second-order valence-electron chi connectivity index (χ2n) is 5.51. The van der Waals surface area contributed by atoms with Crippen LogP contribution >= 0.6 is 0 Å². The number of anilines is 2. The molecule has 0 aromatic carbocycles. The standard InChI is InChI=1S/C16H18F2N6O2/c17-13(18)11-26-14-12(3-1-4-19-14)22-16(25)24-9-7-23(8-10-24)15-20-5-2-6-21-15/h1-6,13H,7-11H2,(H,22,25). The van der Waals surface area contributed by atoms with Crippen molar-refractivity contribution in [2.75, 3.05) is 43.0 Å². The van der Waals surface area contributed by atoms with Crippen LogP contribution in [0.25, 0.3) is 0 Å². The van der Waals surface area contributed by atoms with Gasteiger partial charge in [0.25, 0.3) is 6.43 Å². The molecular weight excluding hydrogens is 346 g/mol. The van der Waals surface area contributed by atoms with E-state index in [0.717, 1.165) is 0 Å². The Labute approximate surface area is 148 Å². The molecule has 1 fully saturated rings. The molecule has 26 heavy (non-hydrogen) atoms. The van der Waals surface area contributed by atoms with Crippen molar-refractivity contribution < 1.29 is 18.3 Å². The zero-order valence-corrected chi connectivity index (χ0v) is 13.9. The number of ether oxygens (including phenoxy) is 1. The average molecular weight is 364 g/mol. The van der Waals surface area contributed by atoms with Gasteiger partial charge in [-0.25, -0.2) is 28.5 Å². The molecule has 0 unspecified atom stereocenters. The van der Waals surface area contributed by atoms with E-state index in [0.29, 0.717) is 32.1 Å². The Morgan fingerprint density at radius 1 is 1.12 bits per heavy atom. The first-order chi connectivity index (χ1) is 12.6. The number of rotatable bonds is 5. The number of alkyl halides is 2. The maximum atomic E-state index is 12.4. The second-order valence-corrected chi connectivity index (χ2v) is 5.51. The van der Waals surface area contributed by atoms with E-state index in [9.17, 15) is 13.6 Å². The van der Waals surface area contributed by atoms with Crippen LogP contribution in [0, 0.1) is 0 Å². The van der Waals surface area contributed by atoms with Crippen molar-refractivity contribution in [3.8, 4) is 5.88 Å². The van der Waals surface area contributed by atoms with Gasteiger partial charge in [-0.1, -0.05) is 0 Å². The van der Waals surface area contributed by atoms with Crippen molar-refractivity contribution in [3.05, 3.63) is 36.8 Å². The molecule has 10 heteroatoms. The molecule has 1 aliphatic rings. The summed E-state index contributed by atoms with van der Waals surface area (Å²) in [5.41, 5.74) is 0.256. The molecule has 2 amide bonds. The number of nitrogens with zero attached hydrogens (tertiary/aromatic N) is 5. The zero-order chi connectivity index (χ0) is 18.4. The topological polar surface area (TPSA) is 83.5 Å². The van der Waals surface area contributed by atoms with Crippen LogP contribution in [0.15, 0.2) is 36.8 Å². The number of halogens is 2. The fourth-order valence-electron chi connectivity index (χ4n) is 2.50. The molecule has 0 bridgehead atoms. The number of pyridine rings is 1. The number of carbonyl (C=O) groups is 1. The van der Waals surface area contributed by atoms with Crippen LogP contribution in [0.5, 0.6) is 5.88 Å². The van der Waals surface area contributed by atoms with Gasteiger partial charge in [-0.15, -0.1) is 0 Å². The summed E-state index contributed by atoms with van der Waals surface area (Å²) in [5.74, 6) is 0.597. The third-order valence-electron chi connectivity index (χ3n) is 3.76. The highest BCUT2D eigenvalue weighted by atomic mass is 19.3. The quantitative estimate of drug-likeness (QED) is 0.872. The van der Waals surface area contributed by atoms with E-state index < -0.39 is 13.0 Å². The maximum absolute atomic E-state index is 12.4. The van der Waals surface area contributed by atoms with Gasteiger partial charge in [0, 0.05) is 44.8 Å². The van der Waals surface area contributed by atoms with Crippen LogP contribution < -0.4 is 15.0 Å². The molecule has 0 atom stereocenters. The van der Waals surface area contributed by atoms with Gasteiger partial charge >= 0.3 is 6.03 Å². The Bertz CT molecular complexity index is 726. The molecular formula is C16H18F2N6O2. The molecule has 0 aliphatic carbocycles. The predicted octanol–water partition coefficient (Wildman–Crippen LogP) is 1.87. The van der Waals surface area contributed by atoms with Crippen molar-refractivity contribution in [1.82, 2.24) is 19.9 Å². The summed E-state index contributed by atoms with van der Waals surface area (Å²) in [6, 6.07) is 4.55. The number of urea groups is 1. The van der Waals surface area contributed by atoms with E-state index in [1.165, 1.54) is 6.20 Å². The Hall–Kier alpha value is -3.04. The highest BCUT2D eigenvalue weighted by molar-refractivity contribution is 5.90. The minimum Gasteiger partial charge on any atom is -0.470 e. The minimum absolute atomic E-state index is 0.0301. The normalized spacial score (nSPS) is 14.4. The molecule has 0 saturated carbocycles. The Morgan fingerprint density at radius 2 is 1.81 bits per heavy atom. The summed E-state index contributed by atoms with van der Waals surface area (Å²) >= 11 is 0. The summed E-state index contributed by atoms with van der Waals surface area (Å²) in [4.78, 5) is 28.3. The van der Waals surface area contributed by atoms with Crippen molar-refractivity contribution in [3.63, 3.8) is 0 Å². The number of nitrogens with one attached hydrogen (secondary N) is 1. The fraction of sp³-hybridized carbons (Fsp3) is 0.375. The van der Waals surface area contributed by atoms with Crippen LogP contribution in [-0.4, -0.2) is 65.1 Å². The number of hydrogen-bond acceptors (Lipinski definition) is 6. The highest BCUT2D eigenvalue weighted by Gasteiger charge is 2.23. The first-order valence-corrected chi connectivity index (χ1v) is 8.07. The monoisotopic (exact) mass is 364 g/mol. The summed E-state index contributed by atoms with van der Waals surface area (Å²) in [6.07, 6.45) is 2.14. The lowest BCUT2D eigenvalue weighted by Crippen LogP contribution is -2.50. The molecule has 1 N–H and O–H groups in total. The van der Waals surface area contributed by atoms with Crippen LogP contribution in [-0.2, 0) is 0 Å². The maximum Gasteiger partial charge on any atom is 0.322 e. The number of aromatic nitrogens is 3. The molecule has 1 aliphatic heterocycles. The molecule has 3 rings (SSSR count). The van der Waals surface area contributed by atoms with Gasteiger partial charge in [-0.3, -0.25) is 0 Å². The Kier molecular flexibility index (Phi) is 5.72. The molecule has 2 aromatic rings. The summed E-state index contributed by atoms with van der Waals surface area (Å²) in [7, 11) is 0. The van der Waals surface area contributed by atoms with E-state index in [4.69, 9.17) is 4.74 Å². The third-order valence-corrected chi connectivity index (χ3v) is 3.76. The van der Waals surface area contributed by atoms with E-state index in [-0.39, 0.29) is 17.6 Å². The highest BCUT2D eigenvalue weighted by Crippen LogP contribution is 2.22. The van der Waals surface area contributed by atoms with E-state index in [2.05, 4.69) is 20.3 Å². The first-order valence-electron chi connectivity index (χ1n) is 8.07. The summed E-state index contributed by atoms with van der Waals surface area (Å²) in [6.45, 7) is 1.38. The van der Waals surface area contributed by atoms with Crippen LogP contribution in [0.2, 0.25) is 0 Å². The SMILES string of the molecule is O=C(Nc1cccnc1OCC(F)F)N1CCN(c2ncccn2)CC1. The average Bonchev–Trinajstić information content (AvgIpc) is 2.68. The zero-order valence-electron chi connectivity index (χ0n) is 13.9. The molecule has 3 heterocycles. The van der Waals surface area contributed by atoms with Gasteiger partial charge in [-0.2, -0.15) is 0 Å². The molecule has 8 nitrogen and oxygen atoms in total. The van der Waals surface area contributed by atoms with Crippen LogP contribution in [0.3, 0.4) is 0 Å². The third kappa shape index (κ3) is 4.52.